The van der Waals surface area contributed by atoms with Crippen LogP contribution < -0.4 is 10.6 Å². The van der Waals surface area contributed by atoms with E-state index in [0.29, 0.717) is 25.7 Å². The molecule has 3 rings (SSSR count). The summed E-state index contributed by atoms with van der Waals surface area (Å²) in [7, 11) is 0. The van der Waals surface area contributed by atoms with Crippen molar-refractivity contribution in [3.8, 4) is 0 Å². The molecule has 0 saturated heterocycles. The standard InChI is InChI=1S/C22H24F2N2O2/c1-13-3-9-19(17(23)11-13)25-21(27)15-5-7-16(8-6-15)22(28)26-20-10-4-14(2)12-18(20)24/h3-4,9-12,15-16H,5-8H2,1-2H3,(H,25,27)(H,26,28). The summed E-state index contributed by atoms with van der Waals surface area (Å²) >= 11 is 0. The van der Waals surface area contributed by atoms with Gasteiger partial charge < -0.3 is 10.6 Å². The van der Waals surface area contributed by atoms with E-state index in [-0.39, 0.29) is 35.0 Å². The quantitative estimate of drug-likeness (QED) is 0.780. The molecule has 6 heteroatoms. The lowest BCUT2D eigenvalue weighted by molar-refractivity contribution is -0.125. The van der Waals surface area contributed by atoms with Crippen LogP contribution >= 0.6 is 0 Å². The molecule has 0 atom stereocenters. The van der Waals surface area contributed by atoms with Crippen LogP contribution in [-0.2, 0) is 9.59 Å². The molecule has 0 aliphatic heterocycles. The van der Waals surface area contributed by atoms with Gasteiger partial charge in [-0.05, 0) is 74.9 Å². The third kappa shape index (κ3) is 4.74. The zero-order chi connectivity index (χ0) is 20.3. The number of carbonyl (C=O) groups is 2. The topological polar surface area (TPSA) is 58.2 Å². The van der Waals surface area contributed by atoms with Crippen molar-refractivity contribution < 1.29 is 18.4 Å². The number of carbonyl (C=O) groups excluding carboxylic acids is 2. The van der Waals surface area contributed by atoms with Crippen LogP contribution in [0.25, 0.3) is 0 Å². The van der Waals surface area contributed by atoms with Gasteiger partial charge in [-0.2, -0.15) is 0 Å². The highest BCUT2D eigenvalue weighted by Crippen LogP contribution is 2.31. The van der Waals surface area contributed by atoms with Gasteiger partial charge in [-0.1, -0.05) is 12.1 Å². The first-order valence-electron chi connectivity index (χ1n) is 9.47. The van der Waals surface area contributed by atoms with Gasteiger partial charge in [0.25, 0.3) is 0 Å². The Bertz CT molecular complexity index is 817. The van der Waals surface area contributed by atoms with Gasteiger partial charge in [0, 0.05) is 11.8 Å². The van der Waals surface area contributed by atoms with Crippen molar-refractivity contribution in [1.29, 1.82) is 0 Å². The molecular formula is C22H24F2N2O2. The Morgan fingerprint density at radius 1 is 0.750 bits per heavy atom. The lowest BCUT2D eigenvalue weighted by Crippen LogP contribution is -2.32. The van der Waals surface area contributed by atoms with Crippen molar-refractivity contribution in [2.24, 2.45) is 11.8 Å². The zero-order valence-electron chi connectivity index (χ0n) is 16.0. The molecule has 28 heavy (non-hydrogen) atoms. The Balaban J connectivity index is 1.53. The summed E-state index contributed by atoms with van der Waals surface area (Å²) in [5.74, 6) is -1.90. The van der Waals surface area contributed by atoms with E-state index in [0.717, 1.165) is 11.1 Å². The van der Waals surface area contributed by atoms with Crippen LogP contribution in [-0.4, -0.2) is 11.8 Å². The van der Waals surface area contributed by atoms with Crippen LogP contribution in [0.4, 0.5) is 20.2 Å². The number of amides is 2. The first kappa shape index (κ1) is 20.0. The highest BCUT2D eigenvalue weighted by molar-refractivity contribution is 5.94. The summed E-state index contributed by atoms with van der Waals surface area (Å²) in [5, 5.41) is 5.28. The van der Waals surface area contributed by atoms with Gasteiger partial charge in [0.05, 0.1) is 11.4 Å². The Morgan fingerprint density at radius 3 is 1.43 bits per heavy atom. The maximum absolute atomic E-state index is 13.9. The number of benzene rings is 2. The van der Waals surface area contributed by atoms with Crippen molar-refractivity contribution in [3.05, 3.63) is 59.2 Å². The van der Waals surface area contributed by atoms with Gasteiger partial charge >= 0.3 is 0 Å². The summed E-state index contributed by atoms with van der Waals surface area (Å²) < 4.78 is 27.8. The smallest absolute Gasteiger partial charge is 0.227 e. The second-order valence-corrected chi connectivity index (χ2v) is 7.49. The second-order valence-electron chi connectivity index (χ2n) is 7.49. The molecule has 0 radical (unpaired) electrons. The third-order valence-electron chi connectivity index (χ3n) is 5.23. The maximum Gasteiger partial charge on any atom is 0.227 e. The van der Waals surface area contributed by atoms with Crippen molar-refractivity contribution in [2.45, 2.75) is 39.5 Å². The lowest BCUT2D eigenvalue weighted by atomic mass is 9.81. The summed E-state index contributed by atoms with van der Waals surface area (Å²) in [6, 6.07) is 9.34. The second kappa shape index (κ2) is 8.50. The van der Waals surface area contributed by atoms with E-state index in [2.05, 4.69) is 10.6 Å². The lowest BCUT2D eigenvalue weighted by Gasteiger charge is -2.27. The molecule has 1 aliphatic carbocycles. The molecule has 1 saturated carbocycles. The highest BCUT2D eigenvalue weighted by Gasteiger charge is 2.30. The molecule has 1 aliphatic rings. The molecular weight excluding hydrogens is 362 g/mol. The van der Waals surface area contributed by atoms with Crippen molar-refractivity contribution in [2.75, 3.05) is 10.6 Å². The van der Waals surface area contributed by atoms with E-state index in [1.165, 1.54) is 12.1 Å². The minimum absolute atomic E-state index is 0.172. The molecule has 2 aromatic rings. The summed E-state index contributed by atoms with van der Waals surface area (Å²) in [6.07, 6.45) is 2.14. The minimum Gasteiger partial charge on any atom is -0.323 e. The number of hydrogen-bond donors (Lipinski definition) is 2. The number of nitrogens with one attached hydrogen (secondary N) is 2. The summed E-state index contributed by atoms with van der Waals surface area (Å²) in [4.78, 5) is 24.8. The van der Waals surface area contributed by atoms with Gasteiger partial charge in [-0.25, -0.2) is 8.78 Å². The van der Waals surface area contributed by atoms with Crippen molar-refractivity contribution in [1.82, 2.24) is 0 Å². The van der Waals surface area contributed by atoms with Gasteiger partial charge in [0.15, 0.2) is 0 Å². The predicted octanol–water partition coefficient (Wildman–Crippen LogP) is 4.97. The van der Waals surface area contributed by atoms with Crippen LogP contribution in [0.5, 0.6) is 0 Å². The fraction of sp³-hybridized carbons (Fsp3) is 0.364. The average Bonchev–Trinajstić information content (AvgIpc) is 2.66. The number of aryl methyl sites for hydroxylation is 2. The number of halogens is 2. The third-order valence-corrected chi connectivity index (χ3v) is 5.23. The van der Waals surface area contributed by atoms with Crippen molar-refractivity contribution >= 4 is 23.2 Å². The fourth-order valence-corrected chi connectivity index (χ4v) is 3.53. The van der Waals surface area contributed by atoms with Gasteiger partial charge in [0.1, 0.15) is 11.6 Å². The number of hydrogen-bond acceptors (Lipinski definition) is 2. The van der Waals surface area contributed by atoms with Gasteiger partial charge in [-0.3, -0.25) is 9.59 Å². The molecule has 4 nitrogen and oxygen atoms in total. The maximum atomic E-state index is 13.9. The molecule has 2 amide bonds. The zero-order valence-corrected chi connectivity index (χ0v) is 16.0. The first-order valence-corrected chi connectivity index (χ1v) is 9.47. The Kier molecular flexibility index (Phi) is 6.07. The molecule has 2 N–H and O–H groups in total. The molecule has 0 spiro atoms. The van der Waals surface area contributed by atoms with E-state index < -0.39 is 11.6 Å². The number of rotatable bonds is 4. The Labute approximate surface area is 163 Å². The van der Waals surface area contributed by atoms with Gasteiger partial charge in [-0.15, -0.1) is 0 Å². The summed E-state index contributed by atoms with van der Waals surface area (Å²) in [6.45, 7) is 3.56. The Morgan fingerprint density at radius 2 is 1.11 bits per heavy atom. The molecule has 148 valence electrons. The first-order chi connectivity index (χ1) is 13.3. The van der Waals surface area contributed by atoms with E-state index in [9.17, 15) is 18.4 Å². The Hall–Kier alpha value is -2.76. The fourth-order valence-electron chi connectivity index (χ4n) is 3.53. The van der Waals surface area contributed by atoms with E-state index in [1.807, 2.05) is 0 Å². The van der Waals surface area contributed by atoms with Crippen LogP contribution in [0.15, 0.2) is 36.4 Å². The van der Waals surface area contributed by atoms with Crippen LogP contribution in [0.2, 0.25) is 0 Å². The largest absolute Gasteiger partial charge is 0.323 e. The number of anilines is 2. The SMILES string of the molecule is Cc1ccc(NC(=O)C2CCC(C(=O)Nc3ccc(C)cc3F)CC2)c(F)c1. The minimum atomic E-state index is -0.457. The van der Waals surface area contributed by atoms with Crippen LogP contribution in [0.1, 0.15) is 36.8 Å². The molecule has 1 fully saturated rings. The van der Waals surface area contributed by atoms with E-state index >= 15 is 0 Å². The molecule has 2 aromatic carbocycles. The highest BCUT2D eigenvalue weighted by atomic mass is 19.1. The normalized spacial score (nSPS) is 19.1. The van der Waals surface area contributed by atoms with E-state index in [4.69, 9.17) is 0 Å². The summed E-state index contributed by atoms with van der Waals surface area (Å²) in [5.41, 5.74) is 1.91. The molecule has 0 bridgehead atoms. The van der Waals surface area contributed by atoms with Crippen LogP contribution in [0, 0.1) is 37.3 Å². The molecule has 0 aromatic heterocycles. The van der Waals surface area contributed by atoms with Crippen LogP contribution in [0.3, 0.4) is 0 Å². The van der Waals surface area contributed by atoms with Crippen molar-refractivity contribution in [3.63, 3.8) is 0 Å². The average molecular weight is 386 g/mol. The molecule has 0 unspecified atom stereocenters. The molecule has 0 heterocycles. The monoisotopic (exact) mass is 386 g/mol. The predicted molar refractivity (Wildman–Crippen MR) is 105 cm³/mol. The van der Waals surface area contributed by atoms with Gasteiger partial charge in [0.2, 0.25) is 11.8 Å². The van der Waals surface area contributed by atoms with E-state index in [1.54, 1.807) is 38.1 Å².